The van der Waals surface area contributed by atoms with E-state index in [0.29, 0.717) is 18.4 Å². The van der Waals surface area contributed by atoms with E-state index in [1.54, 1.807) is 30.3 Å². The minimum absolute atomic E-state index is 0.121. The summed E-state index contributed by atoms with van der Waals surface area (Å²) in [5, 5.41) is -3.97. The first-order chi connectivity index (χ1) is 9.89. The number of hydrogen-bond acceptors (Lipinski definition) is 3. The molecule has 1 aliphatic rings. The molecule has 0 aromatic heterocycles. The summed E-state index contributed by atoms with van der Waals surface area (Å²) in [7, 11) is 0. The Morgan fingerprint density at radius 1 is 1.29 bits per heavy atom. The monoisotopic (exact) mass is 315 g/mol. The minimum atomic E-state index is -3.97. The zero-order chi connectivity index (χ0) is 15.5. The van der Waals surface area contributed by atoms with Crippen LogP contribution in [0.4, 0.5) is 8.78 Å². The summed E-state index contributed by atoms with van der Waals surface area (Å²) in [6, 6.07) is 8.21. The van der Waals surface area contributed by atoms with Gasteiger partial charge >= 0.3 is 17.3 Å². The van der Waals surface area contributed by atoms with Gasteiger partial charge in [0, 0.05) is 6.54 Å². The summed E-state index contributed by atoms with van der Waals surface area (Å²) in [4.78, 5) is 24.0. The van der Waals surface area contributed by atoms with Crippen LogP contribution < -0.4 is 0 Å². The Balaban J connectivity index is 2.07. The second kappa shape index (κ2) is 6.22. The number of hydrogen-bond donors (Lipinski definition) is 0. The highest BCUT2D eigenvalue weighted by Gasteiger charge is 2.42. The number of nitrogens with zero attached hydrogens (tertiary/aromatic N) is 1. The lowest BCUT2D eigenvalue weighted by molar-refractivity contribution is -0.144. The number of carbonyl (C=O) groups is 2. The molecule has 1 heterocycles. The molecule has 0 N–H and O–H groups in total. The third kappa shape index (κ3) is 3.78. The summed E-state index contributed by atoms with van der Waals surface area (Å²) < 4.78 is 30.6. The number of rotatable bonds is 3. The Morgan fingerprint density at radius 2 is 1.95 bits per heavy atom. The van der Waals surface area contributed by atoms with Crippen LogP contribution in [-0.2, 0) is 9.53 Å². The molecule has 1 fully saturated rings. The van der Waals surface area contributed by atoms with E-state index in [1.807, 2.05) is 0 Å². The highest BCUT2D eigenvalue weighted by molar-refractivity contribution is 6.32. The lowest BCUT2D eigenvalue weighted by atomic mass is 10.2. The van der Waals surface area contributed by atoms with Crippen molar-refractivity contribution in [1.29, 1.82) is 0 Å². The number of carbonyl (C=O) groups excluding carboxylic acids is 2. The maximum Gasteiger partial charge on any atom is 0.400 e. The standard InChI is InChI=1S/C14H12ClF2NO3/c15-14(16,17)13(20)18-8-4-7-11(18)9-21-12(19)10-5-2-1-3-6-10/h1-3,5-6,9H,4,7-8H2/b11-9+. The zero-order valence-electron chi connectivity index (χ0n) is 10.9. The number of esters is 1. The molecule has 0 unspecified atom stereocenters. The molecule has 1 amide bonds. The van der Waals surface area contributed by atoms with Crippen LogP contribution in [0, 0.1) is 0 Å². The Morgan fingerprint density at radius 3 is 2.57 bits per heavy atom. The van der Waals surface area contributed by atoms with E-state index in [4.69, 9.17) is 16.3 Å². The molecule has 0 bridgehead atoms. The molecule has 112 valence electrons. The van der Waals surface area contributed by atoms with Gasteiger partial charge in [0.2, 0.25) is 0 Å². The summed E-state index contributed by atoms with van der Waals surface area (Å²) in [6.07, 6.45) is 1.90. The maximum atomic E-state index is 12.8. The van der Waals surface area contributed by atoms with E-state index in [2.05, 4.69) is 0 Å². The Labute approximate surface area is 124 Å². The highest BCUT2D eigenvalue weighted by atomic mass is 35.5. The van der Waals surface area contributed by atoms with Crippen molar-refractivity contribution in [3.05, 3.63) is 47.9 Å². The van der Waals surface area contributed by atoms with Gasteiger partial charge in [-0.3, -0.25) is 4.79 Å². The van der Waals surface area contributed by atoms with Gasteiger partial charge in [0.05, 0.1) is 11.3 Å². The van der Waals surface area contributed by atoms with E-state index in [-0.39, 0.29) is 12.2 Å². The number of allylic oxidation sites excluding steroid dienone is 1. The average Bonchev–Trinajstić information content (AvgIpc) is 2.92. The first-order valence-electron chi connectivity index (χ1n) is 6.23. The van der Waals surface area contributed by atoms with E-state index in [9.17, 15) is 18.4 Å². The van der Waals surface area contributed by atoms with E-state index in [1.165, 1.54) is 0 Å². The second-order valence-electron chi connectivity index (χ2n) is 4.44. The topological polar surface area (TPSA) is 46.6 Å². The molecular weight excluding hydrogens is 304 g/mol. The van der Waals surface area contributed by atoms with Gasteiger partial charge in [0.25, 0.3) is 0 Å². The number of alkyl halides is 3. The summed E-state index contributed by atoms with van der Waals surface area (Å²) in [5.41, 5.74) is 0.539. The molecule has 7 heteroatoms. The van der Waals surface area contributed by atoms with Crippen molar-refractivity contribution in [2.24, 2.45) is 0 Å². The fourth-order valence-corrected chi connectivity index (χ4v) is 2.07. The molecule has 1 aromatic carbocycles. The first kappa shape index (κ1) is 15.4. The molecule has 1 aromatic rings. The zero-order valence-corrected chi connectivity index (χ0v) is 11.6. The number of likely N-dealkylation sites (tertiary alicyclic amines) is 1. The van der Waals surface area contributed by atoms with Crippen molar-refractivity contribution in [1.82, 2.24) is 4.90 Å². The Kier molecular flexibility index (Phi) is 4.57. The number of halogens is 3. The lowest BCUT2D eigenvalue weighted by Crippen LogP contribution is -2.37. The average molecular weight is 316 g/mol. The van der Waals surface area contributed by atoms with Crippen molar-refractivity contribution in [3.8, 4) is 0 Å². The molecule has 0 spiro atoms. The van der Waals surface area contributed by atoms with Gasteiger partial charge in [-0.2, -0.15) is 8.78 Å². The predicted octanol–water partition coefficient (Wildman–Crippen LogP) is 3.14. The van der Waals surface area contributed by atoms with Gasteiger partial charge in [-0.05, 0) is 36.6 Å². The summed E-state index contributed by atoms with van der Waals surface area (Å²) in [6.45, 7) is 0.121. The van der Waals surface area contributed by atoms with Crippen LogP contribution in [0.15, 0.2) is 42.3 Å². The smallest absolute Gasteiger partial charge is 0.400 e. The van der Waals surface area contributed by atoms with Crippen molar-refractivity contribution < 1.29 is 23.1 Å². The van der Waals surface area contributed by atoms with E-state index in [0.717, 1.165) is 11.2 Å². The summed E-state index contributed by atoms with van der Waals surface area (Å²) >= 11 is 4.73. The van der Waals surface area contributed by atoms with Gasteiger partial charge < -0.3 is 9.64 Å². The SMILES string of the molecule is O=C(O/C=C1\CCCN1C(=O)C(F)(F)Cl)c1ccccc1. The molecule has 4 nitrogen and oxygen atoms in total. The fourth-order valence-electron chi connectivity index (χ4n) is 1.97. The van der Waals surface area contributed by atoms with E-state index >= 15 is 0 Å². The molecule has 21 heavy (non-hydrogen) atoms. The third-order valence-corrected chi connectivity index (χ3v) is 3.12. The van der Waals surface area contributed by atoms with Gasteiger partial charge in [-0.15, -0.1) is 0 Å². The normalized spacial score (nSPS) is 17.1. The highest BCUT2D eigenvalue weighted by Crippen LogP contribution is 2.29. The molecule has 0 atom stereocenters. The van der Waals surface area contributed by atoms with Crippen LogP contribution in [0.5, 0.6) is 0 Å². The molecule has 0 radical (unpaired) electrons. The predicted molar refractivity (Wildman–Crippen MR) is 71.7 cm³/mol. The van der Waals surface area contributed by atoms with Crippen LogP contribution in [-0.4, -0.2) is 28.7 Å². The van der Waals surface area contributed by atoms with Gasteiger partial charge in [0.15, 0.2) is 0 Å². The maximum absolute atomic E-state index is 12.8. The van der Waals surface area contributed by atoms with Crippen LogP contribution in [0.3, 0.4) is 0 Å². The van der Waals surface area contributed by atoms with Crippen molar-refractivity contribution in [2.75, 3.05) is 6.54 Å². The lowest BCUT2D eigenvalue weighted by Gasteiger charge is -2.19. The third-order valence-electron chi connectivity index (χ3n) is 2.96. The quantitative estimate of drug-likeness (QED) is 0.489. The van der Waals surface area contributed by atoms with E-state index < -0.39 is 17.3 Å². The molecule has 0 aliphatic carbocycles. The second-order valence-corrected chi connectivity index (χ2v) is 4.91. The molecular formula is C14H12ClF2NO3. The van der Waals surface area contributed by atoms with Gasteiger partial charge in [0.1, 0.15) is 6.26 Å². The van der Waals surface area contributed by atoms with Crippen molar-refractivity contribution >= 4 is 23.5 Å². The Bertz CT molecular complexity index is 569. The van der Waals surface area contributed by atoms with Crippen molar-refractivity contribution in [3.63, 3.8) is 0 Å². The molecule has 1 aliphatic heterocycles. The summed E-state index contributed by atoms with van der Waals surface area (Å²) in [5.74, 6) is -2.14. The largest absolute Gasteiger partial charge is 0.429 e. The van der Waals surface area contributed by atoms with Crippen molar-refractivity contribution in [2.45, 2.75) is 18.2 Å². The Hall–Kier alpha value is -1.95. The number of ether oxygens (including phenoxy) is 1. The number of benzene rings is 1. The molecule has 0 saturated carbocycles. The van der Waals surface area contributed by atoms with Gasteiger partial charge in [-0.1, -0.05) is 18.2 Å². The fraction of sp³-hybridized carbons (Fsp3) is 0.286. The first-order valence-corrected chi connectivity index (χ1v) is 6.61. The molecule has 2 rings (SSSR count). The van der Waals surface area contributed by atoms with Gasteiger partial charge in [-0.25, -0.2) is 4.79 Å². The minimum Gasteiger partial charge on any atom is -0.429 e. The van der Waals surface area contributed by atoms with Crippen LogP contribution in [0.1, 0.15) is 23.2 Å². The van der Waals surface area contributed by atoms with Crippen LogP contribution >= 0.6 is 11.6 Å². The van der Waals surface area contributed by atoms with Crippen LogP contribution in [0.2, 0.25) is 0 Å². The molecule has 1 saturated heterocycles. The van der Waals surface area contributed by atoms with Crippen LogP contribution in [0.25, 0.3) is 0 Å². The number of amides is 1.